The molecule has 0 saturated heterocycles. The maximum absolute atomic E-state index is 8.27. The zero-order chi connectivity index (χ0) is 9.14. The third-order valence-corrected chi connectivity index (χ3v) is 1.63. The Kier molecular flexibility index (Phi) is 2.31. The summed E-state index contributed by atoms with van der Waals surface area (Å²) in [6, 6.07) is 1.90. The summed E-state index contributed by atoms with van der Waals surface area (Å²) >= 11 is 0. The fourth-order valence-corrected chi connectivity index (χ4v) is 1.21. The van der Waals surface area contributed by atoms with Crippen molar-refractivity contribution >= 4 is 5.69 Å². The summed E-state index contributed by atoms with van der Waals surface area (Å²) in [6.07, 6.45) is 0. The molecule has 0 saturated carbocycles. The number of aromatic nitrogens is 1. The van der Waals surface area contributed by atoms with Crippen LogP contribution in [0.1, 0.15) is 17.0 Å². The molecule has 62 valence electrons. The van der Waals surface area contributed by atoms with Crippen molar-refractivity contribution in [3.05, 3.63) is 33.5 Å². The van der Waals surface area contributed by atoms with Gasteiger partial charge in [-0.2, -0.15) is 0 Å². The standard InChI is InChI=1S/C8H10N4/c1-5-4-6(2)10-7(3)8(5)11-12-9/h4H,1-3H3. The van der Waals surface area contributed by atoms with E-state index in [-0.39, 0.29) is 0 Å². The SMILES string of the molecule is Cc1cc(C)c(N=[N+]=[N-])c(C)n1. The number of nitrogens with zero attached hydrogens (tertiary/aromatic N) is 4. The van der Waals surface area contributed by atoms with Crippen molar-refractivity contribution in [2.24, 2.45) is 5.11 Å². The number of hydrogen-bond acceptors (Lipinski definition) is 2. The largest absolute Gasteiger partial charge is 0.258 e. The predicted molar refractivity (Wildman–Crippen MR) is 47.3 cm³/mol. The van der Waals surface area contributed by atoms with E-state index in [1.807, 2.05) is 26.8 Å². The summed E-state index contributed by atoms with van der Waals surface area (Å²) < 4.78 is 0. The van der Waals surface area contributed by atoms with Gasteiger partial charge in [0.1, 0.15) is 0 Å². The summed E-state index contributed by atoms with van der Waals surface area (Å²) in [4.78, 5) is 6.93. The molecule has 4 heteroatoms. The molecule has 4 nitrogen and oxygen atoms in total. The van der Waals surface area contributed by atoms with E-state index in [1.165, 1.54) is 0 Å². The fourth-order valence-electron chi connectivity index (χ4n) is 1.21. The van der Waals surface area contributed by atoms with Gasteiger partial charge >= 0.3 is 0 Å². The lowest BCUT2D eigenvalue weighted by atomic mass is 10.2. The van der Waals surface area contributed by atoms with Crippen molar-refractivity contribution in [3.63, 3.8) is 0 Å². The van der Waals surface area contributed by atoms with Crippen LogP contribution in [0.3, 0.4) is 0 Å². The summed E-state index contributed by atoms with van der Waals surface area (Å²) in [6.45, 7) is 5.66. The first-order valence-corrected chi connectivity index (χ1v) is 3.65. The molecule has 12 heavy (non-hydrogen) atoms. The van der Waals surface area contributed by atoms with Crippen molar-refractivity contribution in [1.29, 1.82) is 0 Å². The Morgan fingerprint density at radius 3 is 2.58 bits per heavy atom. The first-order valence-electron chi connectivity index (χ1n) is 3.65. The molecular weight excluding hydrogens is 152 g/mol. The van der Waals surface area contributed by atoms with Crippen LogP contribution in [-0.2, 0) is 0 Å². The highest BCUT2D eigenvalue weighted by Gasteiger charge is 2.01. The van der Waals surface area contributed by atoms with E-state index in [1.54, 1.807) is 0 Å². The molecule has 1 rings (SSSR count). The normalized spacial score (nSPS) is 9.25. The van der Waals surface area contributed by atoms with Crippen LogP contribution in [0.5, 0.6) is 0 Å². The van der Waals surface area contributed by atoms with E-state index in [9.17, 15) is 0 Å². The minimum Gasteiger partial charge on any atom is -0.258 e. The zero-order valence-corrected chi connectivity index (χ0v) is 7.37. The van der Waals surface area contributed by atoms with Gasteiger partial charge in [0.25, 0.3) is 0 Å². The molecule has 0 spiro atoms. The van der Waals surface area contributed by atoms with E-state index in [2.05, 4.69) is 15.0 Å². The topological polar surface area (TPSA) is 61.7 Å². The van der Waals surface area contributed by atoms with Gasteiger partial charge in [-0.25, -0.2) is 0 Å². The average molecular weight is 162 g/mol. The average Bonchev–Trinajstić information content (AvgIpc) is 1.96. The van der Waals surface area contributed by atoms with Gasteiger partial charge in [-0.15, -0.1) is 0 Å². The molecule has 1 heterocycles. The minimum atomic E-state index is 0.642. The highest BCUT2D eigenvalue weighted by Crippen LogP contribution is 2.22. The zero-order valence-electron chi connectivity index (χ0n) is 7.37. The molecule has 0 fully saturated rings. The maximum Gasteiger partial charge on any atom is 0.0617 e. The molecule has 1 aromatic rings. The summed E-state index contributed by atoms with van der Waals surface area (Å²) in [5.74, 6) is 0. The lowest BCUT2D eigenvalue weighted by Crippen LogP contribution is -1.88. The molecule has 0 N–H and O–H groups in total. The number of aryl methyl sites for hydroxylation is 3. The number of rotatable bonds is 1. The predicted octanol–water partition coefficient (Wildman–Crippen LogP) is 2.95. The molecule has 0 amide bonds. The Morgan fingerprint density at radius 1 is 1.42 bits per heavy atom. The Balaban J connectivity index is 3.37. The van der Waals surface area contributed by atoms with E-state index < -0.39 is 0 Å². The molecule has 0 aliphatic rings. The lowest BCUT2D eigenvalue weighted by Gasteiger charge is -2.03. The van der Waals surface area contributed by atoms with Gasteiger partial charge in [0, 0.05) is 16.3 Å². The Morgan fingerprint density at radius 2 is 2.08 bits per heavy atom. The molecule has 0 atom stereocenters. The van der Waals surface area contributed by atoms with Crippen LogP contribution >= 0.6 is 0 Å². The summed E-state index contributed by atoms with van der Waals surface area (Å²) in [5.41, 5.74) is 11.6. The molecule has 0 radical (unpaired) electrons. The first kappa shape index (κ1) is 8.56. The van der Waals surface area contributed by atoms with Crippen molar-refractivity contribution in [1.82, 2.24) is 4.98 Å². The maximum atomic E-state index is 8.27. The van der Waals surface area contributed by atoms with Crippen LogP contribution in [-0.4, -0.2) is 4.98 Å². The fraction of sp³-hybridized carbons (Fsp3) is 0.375. The van der Waals surface area contributed by atoms with Crippen LogP contribution in [0.15, 0.2) is 11.2 Å². The third-order valence-electron chi connectivity index (χ3n) is 1.63. The van der Waals surface area contributed by atoms with E-state index >= 15 is 0 Å². The minimum absolute atomic E-state index is 0.642. The molecule has 0 bridgehead atoms. The second kappa shape index (κ2) is 3.24. The van der Waals surface area contributed by atoms with E-state index in [0.717, 1.165) is 17.0 Å². The molecule has 1 aromatic heterocycles. The van der Waals surface area contributed by atoms with Crippen LogP contribution in [0, 0.1) is 20.8 Å². The Labute approximate surface area is 70.9 Å². The summed E-state index contributed by atoms with van der Waals surface area (Å²) in [5, 5.41) is 3.56. The van der Waals surface area contributed by atoms with Crippen molar-refractivity contribution in [2.45, 2.75) is 20.8 Å². The lowest BCUT2D eigenvalue weighted by molar-refractivity contribution is 1.09. The van der Waals surface area contributed by atoms with Crippen LogP contribution < -0.4 is 0 Å². The van der Waals surface area contributed by atoms with Gasteiger partial charge in [-0.3, -0.25) is 4.98 Å². The smallest absolute Gasteiger partial charge is 0.0617 e. The molecule has 0 aromatic carbocycles. The first-order chi connectivity index (χ1) is 5.65. The van der Waals surface area contributed by atoms with Crippen molar-refractivity contribution < 1.29 is 0 Å². The van der Waals surface area contributed by atoms with Crippen LogP contribution in [0.2, 0.25) is 0 Å². The van der Waals surface area contributed by atoms with Gasteiger partial charge in [0.15, 0.2) is 0 Å². The van der Waals surface area contributed by atoms with Crippen molar-refractivity contribution in [3.8, 4) is 0 Å². The quantitative estimate of drug-likeness (QED) is 0.355. The van der Waals surface area contributed by atoms with Gasteiger partial charge < -0.3 is 0 Å². The molecular formula is C8H10N4. The van der Waals surface area contributed by atoms with Gasteiger partial charge in [0.2, 0.25) is 0 Å². The highest BCUT2D eigenvalue weighted by atomic mass is 15.1. The monoisotopic (exact) mass is 162 g/mol. The van der Waals surface area contributed by atoms with Gasteiger partial charge in [-0.05, 0) is 37.9 Å². The van der Waals surface area contributed by atoms with Gasteiger partial charge in [0.05, 0.1) is 5.69 Å². The number of pyridine rings is 1. The van der Waals surface area contributed by atoms with Crippen LogP contribution in [0.4, 0.5) is 5.69 Å². The van der Waals surface area contributed by atoms with Crippen molar-refractivity contribution in [2.75, 3.05) is 0 Å². The summed E-state index contributed by atoms with van der Waals surface area (Å²) in [7, 11) is 0. The molecule has 0 unspecified atom stereocenters. The second-order valence-corrected chi connectivity index (χ2v) is 2.70. The molecule has 0 aliphatic carbocycles. The second-order valence-electron chi connectivity index (χ2n) is 2.70. The Bertz CT molecular complexity index is 327. The highest BCUT2D eigenvalue weighted by molar-refractivity contribution is 5.49. The third kappa shape index (κ3) is 1.54. The Hall–Kier alpha value is -1.54. The molecule has 0 aliphatic heterocycles. The van der Waals surface area contributed by atoms with Crippen LogP contribution in [0.25, 0.3) is 10.4 Å². The van der Waals surface area contributed by atoms with E-state index in [4.69, 9.17) is 5.53 Å². The number of hydrogen-bond donors (Lipinski definition) is 0. The van der Waals surface area contributed by atoms with Gasteiger partial charge in [-0.1, -0.05) is 5.11 Å². The number of azide groups is 1. The van der Waals surface area contributed by atoms with E-state index in [0.29, 0.717) is 5.69 Å².